The van der Waals surface area contributed by atoms with Crippen LogP contribution < -0.4 is 10.6 Å². The quantitative estimate of drug-likeness (QED) is 0.754. The topological polar surface area (TPSA) is 58.2 Å². The zero-order chi connectivity index (χ0) is 15.8. The van der Waals surface area contributed by atoms with E-state index < -0.39 is 0 Å². The van der Waals surface area contributed by atoms with Gasteiger partial charge in [0.2, 0.25) is 5.91 Å². The van der Waals surface area contributed by atoms with E-state index in [9.17, 15) is 9.59 Å². The summed E-state index contributed by atoms with van der Waals surface area (Å²) in [5.41, 5.74) is 1.15. The number of unbranched alkanes of at least 4 members (excludes halogenated alkanes) is 1. The molecule has 2 N–H and O–H groups in total. The number of rotatable bonds is 7. The van der Waals surface area contributed by atoms with Gasteiger partial charge < -0.3 is 10.6 Å². The third kappa shape index (κ3) is 4.86. The van der Waals surface area contributed by atoms with Crippen molar-refractivity contribution in [2.24, 2.45) is 5.92 Å². The lowest BCUT2D eigenvalue weighted by atomic mass is 10.0. The Morgan fingerprint density at radius 1 is 1.18 bits per heavy atom. The Bertz CT molecular complexity index is 508. The highest BCUT2D eigenvalue weighted by Gasteiger charge is 2.19. The van der Waals surface area contributed by atoms with Crippen molar-refractivity contribution in [3.63, 3.8) is 0 Å². The first kappa shape index (κ1) is 16.5. The predicted octanol–water partition coefficient (Wildman–Crippen LogP) is 3.74. The van der Waals surface area contributed by atoms with Gasteiger partial charge in [-0.2, -0.15) is 0 Å². The number of benzene rings is 1. The summed E-state index contributed by atoms with van der Waals surface area (Å²) in [6.45, 7) is 2.75. The van der Waals surface area contributed by atoms with Crippen molar-refractivity contribution < 1.29 is 9.59 Å². The molecule has 0 aliphatic heterocycles. The largest absolute Gasteiger partial charge is 0.352 e. The van der Waals surface area contributed by atoms with Gasteiger partial charge in [0.05, 0.1) is 11.3 Å². The Kier molecular flexibility index (Phi) is 6.44. The Labute approximate surface area is 132 Å². The highest BCUT2D eigenvalue weighted by Crippen LogP contribution is 2.28. The second-order valence-electron chi connectivity index (χ2n) is 6.06. The molecule has 0 spiro atoms. The number of carbonyl (C=O) groups excluding carboxylic acids is 2. The Balaban J connectivity index is 1.94. The van der Waals surface area contributed by atoms with Gasteiger partial charge in [-0.3, -0.25) is 9.59 Å². The molecular formula is C18H26N2O2. The monoisotopic (exact) mass is 302 g/mol. The molecule has 0 bridgehead atoms. The van der Waals surface area contributed by atoms with Crippen LogP contribution in [-0.2, 0) is 4.79 Å². The summed E-state index contributed by atoms with van der Waals surface area (Å²) in [6.07, 6.45) is 7.32. The maximum Gasteiger partial charge on any atom is 0.253 e. The minimum Gasteiger partial charge on any atom is -0.352 e. The molecule has 1 aliphatic rings. The molecule has 0 heterocycles. The Hall–Kier alpha value is -1.84. The van der Waals surface area contributed by atoms with E-state index >= 15 is 0 Å². The van der Waals surface area contributed by atoms with Crippen LogP contribution in [0.4, 0.5) is 5.69 Å². The SMILES string of the molecule is CCCCNC(=O)c1ccccc1NC(=O)CC1CCCC1. The van der Waals surface area contributed by atoms with Gasteiger partial charge in [0.25, 0.3) is 5.91 Å². The van der Waals surface area contributed by atoms with Crippen molar-refractivity contribution in [2.75, 3.05) is 11.9 Å². The number of para-hydroxylation sites is 1. The second-order valence-corrected chi connectivity index (χ2v) is 6.06. The lowest BCUT2D eigenvalue weighted by molar-refractivity contribution is -0.117. The van der Waals surface area contributed by atoms with Crippen LogP contribution in [0.5, 0.6) is 0 Å². The zero-order valence-corrected chi connectivity index (χ0v) is 13.4. The first-order chi connectivity index (χ1) is 10.7. The van der Waals surface area contributed by atoms with Gasteiger partial charge in [-0.05, 0) is 37.3 Å². The molecule has 0 unspecified atom stereocenters. The minimum atomic E-state index is -0.120. The van der Waals surface area contributed by atoms with E-state index in [0.717, 1.165) is 25.7 Å². The summed E-state index contributed by atoms with van der Waals surface area (Å²) in [7, 11) is 0. The van der Waals surface area contributed by atoms with Crippen molar-refractivity contribution in [1.82, 2.24) is 5.32 Å². The van der Waals surface area contributed by atoms with Crippen LogP contribution in [0.3, 0.4) is 0 Å². The molecule has 1 fully saturated rings. The second kappa shape index (κ2) is 8.57. The van der Waals surface area contributed by atoms with Crippen molar-refractivity contribution in [3.8, 4) is 0 Å². The standard InChI is InChI=1S/C18H26N2O2/c1-2-3-12-19-18(22)15-10-6-7-11-16(15)20-17(21)13-14-8-4-5-9-14/h6-7,10-11,14H,2-5,8-9,12-13H2,1H3,(H,19,22)(H,20,21). The Morgan fingerprint density at radius 2 is 1.91 bits per heavy atom. The number of amides is 2. The first-order valence-electron chi connectivity index (χ1n) is 8.37. The molecule has 4 heteroatoms. The van der Waals surface area contributed by atoms with Gasteiger partial charge in [-0.15, -0.1) is 0 Å². The van der Waals surface area contributed by atoms with E-state index in [1.165, 1.54) is 12.8 Å². The summed E-state index contributed by atoms with van der Waals surface area (Å²) in [5, 5.41) is 5.81. The molecule has 0 radical (unpaired) electrons. The van der Waals surface area contributed by atoms with Crippen LogP contribution in [-0.4, -0.2) is 18.4 Å². The van der Waals surface area contributed by atoms with Crippen LogP contribution in [0.2, 0.25) is 0 Å². The minimum absolute atomic E-state index is 0.0145. The normalized spacial score (nSPS) is 14.8. The van der Waals surface area contributed by atoms with Crippen molar-refractivity contribution in [2.45, 2.75) is 51.9 Å². The fraction of sp³-hybridized carbons (Fsp3) is 0.556. The maximum absolute atomic E-state index is 12.2. The van der Waals surface area contributed by atoms with E-state index in [1.54, 1.807) is 12.1 Å². The molecule has 0 atom stereocenters. The number of hydrogen-bond donors (Lipinski definition) is 2. The fourth-order valence-corrected chi connectivity index (χ4v) is 2.94. The van der Waals surface area contributed by atoms with Crippen molar-refractivity contribution >= 4 is 17.5 Å². The third-order valence-corrected chi connectivity index (χ3v) is 4.21. The van der Waals surface area contributed by atoms with E-state index in [-0.39, 0.29) is 11.8 Å². The van der Waals surface area contributed by atoms with Gasteiger partial charge in [-0.1, -0.05) is 38.3 Å². The zero-order valence-electron chi connectivity index (χ0n) is 13.4. The number of hydrogen-bond acceptors (Lipinski definition) is 2. The van der Waals surface area contributed by atoms with E-state index in [4.69, 9.17) is 0 Å². The van der Waals surface area contributed by atoms with Crippen LogP contribution in [0, 0.1) is 5.92 Å². The van der Waals surface area contributed by atoms with Crippen molar-refractivity contribution in [1.29, 1.82) is 0 Å². The average molecular weight is 302 g/mol. The van der Waals surface area contributed by atoms with E-state index in [2.05, 4.69) is 17.6 Å². The number of anilines is 1. The molecule has 1 aromatic rings. The molecule has 0 saturated heterocycles. The van der Waals surface area contributed by atoms with E-state index in [1.807, 2.05) is 12.1 Å². The smallest absolute Gasteiger partial charge is 0.253 e. The summed E-state index contributed by atoms with van der Waals surface area (Å²) < 4.78 is 0. The molecular weight excluding hydrogens is 276 g/mol. The van der Waals surface area contributed by atoms with Gasteiger partial charge >= 0.3 is 0 Å². The van der Waals surface area contributed by atoms with Gasteiger partial charge in [0, 0.05) is 13.0 Å². The molecule has 2 amide bonds. The van der Waals surface area contributed by atoms with Crippen LogP contribution in [0.1, 0.15) is 62.2 Å². The van der Waals surface area contributed by atoms with Crippen molar-refractivity contribution in [3.05, 3.63) is 29.8 Å². The van der Waals surface area contributed by atoms with Crippen LogP contribution >= 0.6 is 0 Å². The third-order valence-electron chi connectivity index (χ3n) is 4.21. The van der Waals surface area contributed by atoms with E-state index in [0.29, 0.717) is 30.1 Å². The lowest BCUT2D eigenvalue weighted by Crippen LogP contribution is -2.26. The van der Waals surface area contributed by atoms with Gasteiger partial charge in [-0.25, -0.2) is 0 Å². The number of carbonyl (C=O) groups is 2. The molecule has 1 aliphatic carbocycles. The highest BCUT2D eigenvalue weighted by atomic mass is 16.2. The maximum atomic E-state index is 12.2. The van der Waals surface area contributed by atoms with Crippen LogP contribution in [0.15, 0.2) is 24.3 Å². The average Bonchev–Trinajstić information content (AvgIpc) is 3.00. The van der Waals surface area contributed by atoms with Gasteiger partial charge in [0.15, 0.2) is 0 Å². The predicted molar refractivity (Wildman–Crippen MR) is 88.9 cm³/mol. The Morgan fingerprint density at radius 3 is 2.64 bits per heavy atom. The molecule has 4 nitrogen and oxygen atoms in total. The van der Waals surface area contributed by atoms with Gasteiger partial charge in [0.1, 0.15) is 0 Å². The number of nitrogens with one attached hydrogen (secondary N) is 2. The summed E-state index contributed by atoms with van der Waals surface area (Å²) in [6, 6.07) is 7.21. The lowest BCUT2D eigenvalue weighted by Gasteiger charge is -2.13. The highest BCUT2D eigenvalue weighted by molar-refractivity contribution is 6.03. The molecule has 22 heavy (non-hydrogen) atoms. The molecule has 2 rings (SSSR count). The molecule has 1 saturated carbocycles. The molecule has 1 aromatic carbocycles. The fourth-order valence-electron chi connectivity index (χ4n) is 2.94. The summed E-state index contributed by atoms with van der Waals surface area (Å²) in [4.78, 5) is 24.4. The molecule has 120 valence electrons. The summed E-state index contributed by atoms with van der Waals surface area (Å²) in [5.74, 6) is 0.400. The molecule has 0 aromatic heterocycles. The first-order valence-corrected chi connectivity index (χ1v) is 8.37. The summed E-state index contributed by atoms with van der Waals surface area (Å²) >= 11 is 0. The van der Waals surface area contributed by atoms with Crippen LogP contribution in [0.25, 0.3) is 0 Å².